The van der Waals surface area contributed by atoms with Crippen LogP contribution in [0.15, 0.2) is 42.6 Å². The van der Waals surface area contributed by atoms with E-state index in [1.54, 1.807) is 20.0 Å². The highest BCUT2D eigenvalue weighted by Crippen LogP contribution is 2.21. The Morgan fingerprint density at radius 2 is 1.81 bits per heavy atom. The summed E-state index contributed by atoms with van der Waals surface area (Å²) in [6.45, 7) is 4.20. The van der Waals surface area contributed by atoms with Crippen molar-refractivity contribution in [3.8, 4) is 0 Å². The molecule has 2 aromatic carbocycles. The summed E-state index contributed by atoms with van der Waals surface area (Å²) in [5.41, 5.74) is 4.18. The van der Waals surface area contributed by atoms with Crippen molar-refractivity contribution in [1.82, 2.24) is 10.2 Å². The van der Waals surface area contributed by atoms with E-state index in [1.807, 2.05) is 36.4 Å². The molecule has 3 aromatic rings. The molecule has 1 N–H and O–H groups in total. The third kappa shape index (κ3) is 2.70. The first-order valence-electron chi connectivity index (χ1n) is 6.85. The van der Waals surface area contributed by atoms with Gasteiger partial charge < -0.3 is 5.32 Å². The van der Waals surface area contributed by atoms with E-state index in [-0.39, 0.29) is 5.82 Å². The molecule has 0 atom stereocenters. The van der Waals surface area contributed by atoms with Crippen LogP contribution in [-0.2, 0) is 6.54 Å². The van der Waals surface area contributed by atoms with Gasteiger partial charge in [-0.15, -0.1) is 0 Å². The van der Waals surface area contributed by atoms with Crippen molar-refractivity contribution in [1.29, 1.82) is 0 Å². The van der Waals surface area contributed by atoms with Crippen LogP contribution in [0, 0.1) is 19.7 Å². The van der Waals surface area contributed by atoms with Gasteiger partial charge in [0, 0.05) is 11.9 Å². The number of nitrogens with zero attached hydrogens (tertiary/aromatic N) is 2. The minimum atomic E-state index is -0.130. The smallest absolute Gasteiger partial charge is 0.129 e. The fraction of sp³-hybridized carbons (Fsp3) is 0.176. The molecule has 0 amide bonds. The third-order valence-electron chi connectivity index (χ3n) is 3.53. The Bertz CT molecular complexity index is 771. The lowest BCUT2D eigenvalue weighted by atomic mass is 10.1. The summed E-state index contributed by atoms with van der Waals surface area (Å²) in [5, 5.41) is 12.5. The zero-order valence-electron chi connectivity index (χ0n) is 12.0. The van der Waals surface area contributed by atoms with Gasteiger partial charge in [-0.3, -0.25) is 0 Å². The predicted molar refractivity (Wildman–Crippen MR) is 82.7 cm³/mol. The Hall–Kier alpha value is -2.49. The number of hydrogen-bond acceptors (Lipinski definition) is 3. The SMILES string of the molecule is Cc1cc(CNc2cnnc3ccccc23)cc(C)c1F. The van der Waals surface area contributed by atoms with E-state index in [9.17, 15) is 4.39 Å². The van der Waals surface area contributed by atoms with Crippen LogP contribution in [0.2, 0.25) is 0 Å². The largest absolute Gasteiger partial charge is 0.379 e. The van der Waals surface area contributed by atoms with Crippen molar-refractivity contribution >= 4 is 16.6 Å². The Balaban J connectivity index is 1.87. The number of anilines is 1. The van der Waals surface area contributed by atoms with Gasteiger partial charge >= 0.3 is 0 Å². The number of fused-ring (bicyclic) bond motifs is 1. The first-order valence-corrected chi connectivity index (χ1v) is 6.85. The van der Waals surface area contributed by atoms with E-state index in [0.29, 0.717) is 17.7 Å². The van der Waals surface area contributed by atoms with E-state index in [1.165, 1.54) is 0 Å². The van der Waals surface area contributed by atoms with Crippen molar-refractivity contribution < 1.29 is 4.39 Å². The number of nitrogens with one attached hydrogen (secondary N) is 1. The summed E-state index contributed by atoms with van der Waals surface area (Å²) in [5.74, 6) is -0.130. The molecule has 0 aliphatic heterocycles. The summed E-state index contributed by atoms with van der Waals surface area (Å²) < 4.78 is 13.6. The Kier molecular flexibility index (Phi) is 3.52. The van der Waals surface area contributed by atoms with Crippen LogP contribution in [0.3, 0.4) is 0 Å². The minimum absolute atomic E-state index is 0.130. The van der Waals surface area contributed by atoms with Gasteiger partial charge in [-0.25, -0.2) is 4.39 Å². The van der Waals surface area contributed by atoms with Crippen LogP contribution in [0.5, 0.6) is 0 Å². The molecule has 106 valence electrons. The highest BCUT2D eigenvalue weighted by Gasteiger charge is 2.06. The second-order valence-corrected chi connectivity index (χ2v) is 5.17. The van der Waals surface area contributed by atoms with Crippen LogP contribution in [0.25, 0.3) is 10.9 Å². The maximum absolute atomic E-state index is 13.6. The van der Waals surface area contributed by atoms with Crippen molar-refractivity contribution in [2.24, 2.45) is 0 Å². The number of halogens is 1. The molecular formula is C17H16FN3. The number of aryl methyl sites for hydroxylation is 2. The molecule has 0 radical (unpaired) electrons. The van der Waals surface area contributed by atoms with Gasteiger partial charge in [0.2, 0.25) is 0 Å². The van der Waals surface area contributed by atoms with Crippen LogP contribution in [0.4, 0.5) is 10.1 Å². The van der Waals surface area contributed by atoms with Gasteiger partial charge in [0.1, 0.15) is 5.82 Å². The number of aromatic nitrogens is 2. The van der Waals surface area contributed by atoms with E-state index in [2.05, 4.69) is 15.5 Å². The normalized spacial score (nSPS) is 10.8. The lowest BCUT2D eigenvalue weighted by molar-refractivity contribution is 0.608. The average molecular weight is 281 g/mol. The standard InChI is InChI=1S/C17H16FN3/c1-11-7-13(8-12(2)17(11)18)9-19-16-10-20-21-15-6-4-3-5-14(15)16/h3-8,10H,9H2,1-2H3,(H,19,21). The molecule has 0 fully saturated rings. The Morgan fingerprint density at radius 3 is 2.57 bits per heavy atom. The van der Waals surface area contributed by atoms with Gasteiger partial charge in [0.25, 0.3) is 0 Å². The molecule has 21 heavy (non-hydrogen) atoms. The average Bonchev–Trinajstić information content (AvgIpc) is 2.50. The topological polar surface area (TPSA) is 37.8 Å². The summed E-state index contributed by atoms with van der Waals surface area (Å²) in [4.78, 5) is 0. The van der Waals surface area contributed by atoms with E-state index >= 15 is 0 Å². The minimum Gasteiger partial charge on any atom is -0.379 e. The van der Waals surface area contributed by atoms with E-state index in [4.69, 9.17) is 0 Å². The molecule has 0 unspecified atom stereocenters. The summed E-state index contributed by atoms with van der Waals surface area (Å²) in [6.07, 6.45) is 1.71. The van der Waals surface area contributed by atoms with Gasteiger partial charge in [0.05, 0.1) is 17.4 Å². The van der Waals surface area contributed by atoms with Crippen LogP contribution in [-0.4, -0.2) is 10.2 Å². The van der Waals surface area contributed by atoms with Gasteiger partial charge in [0.15, 0.2) is 0 Å². The molecule has 0 spiro atoms. The molecule has 4 heteroatoms. The lowest BCUT2D eigenvalue weighted by Crippen LogP contribution is -2.03. The number of hydrogen-bond donors (Lipinski definition) is 1. The molecule has 3 nitrogen and oxygen atoms in total. The van der Waals surface area contributed by atoms with E-state index < -0.39 is 0 Å². The number of benzene rings is 2. The highest BCUT2D eigenvalue weighted by atomic mass is 19.1. The quantitative estimate of drug-likeness (QED) is 0.788. The second kappa shape index (κ2) is 5.48. The maximum Gasteiger partial charge on any atom is 0.129 e. The molecule has 0 aliphatic carbocycles. The van der Waals surface area contributed by atoms with Crippen LogP contribution in [0.1, 0.15) is 16.7 Å². The summed E-state index contributed by atoms with van der Waals surface area (Å²) in [7, 11) is 0. The maximum atomic E-state index is 13.6. The van der Waals surface area contributed by atoms with Crippen molar-refractivity contribution in [2.75, 3.05) is 5.32 Å². The summed E-state index contributed by atoms with van der Waals surface area (Å²) >= 11 is 0. The monoisotopic (exact) mass is 281 g/mol. The van der Waals surface area contributed by atoms with Crippen molar-refractivity contribution in [3.05, 3.63) is 65.1 Å². The predicted octanol–water partition coefficient (Wildman–Crippen LogP) is 4.00. The van der Waals surface area contributed by atoms with Crippen LogP contribution < -0.4 is 5.32 Å². The first-order chi connectivity index (χ1) is 10.1. The Morgan fingerprint density at radius 1 is 1.10 bits per heavy atom. The molecule has 0 bridgehead atoms. The molecule has 3 rings (SSSR count). The van der Waals surface area contributed by atoms with Crippen molar-refractivity contribution in [3.63, 3.8) is 0 Å². The zero-order chi connectivity index (χ0) is 14.8. The van der Waals surface area contributed by atoms with Crippen molar-refractivity contribution in [2.45, 2.75) is 20.4 Å². The lowest BCUT2D eigenvalue weighted by Gasteiger charge is -2.10. The van der Waals surface area contributed by atoms with Gasteiger partial charge in [-0.05, 0) is 36.6 Å². The van der Waals surface area contributed by atoms with Gasteiger partial charge in [-0.1, -0.05) is 30.3 Å². The molecule has 0 saturated carbocycles. The molecule has 1 heterocycles. The fourth-order valence-electron chi connectivity index (χ4n) is 2.48. The third-order valence-corrected chi connectivity index (χ3v) is 3.53. The molecular weight excluding hydrogens is 265 g/mol. The highest BCUT2D eigenvalue weighted by molar-refractivity contribution is 5.90. The molecule has 1 aromatic heterocycles. The van der Waals surface area contributed by atoms with Gasteiger partial charge in [-0.2, -0.15) is 10.2 Å². The fourth-order valence-corrected chi connectivity index (χ4v) is 2.48. The summed E-state index contributed by atoms with van der Waals surface area (Å²) in [6, 6.07) is 11.6. The van der Waals surface area contributed by atoms with Crippen LogP contribution >= 0.6 is 0 Å². The second-order valence-electron chi connectivity index (χ2n) is 5.17. The first kappa shape index (κ1) is 13.5. The molecule has 0 aliphatic rings. The van der Waals surface area contributed by atoms with E-state index in [0.717, 1.165) is 22.2 Å². The zero-order valence-corrected chi connectivity index (χ0v) is 12.0. The Labute approximate surface area is 122 Å². The molecule has 0 saturated heterocycles. The number of rotatable bonds is 3.